The molecule has 0 saturated carbocycles. The third kappa shape index (κ3) is 26.4. The molecule has 336 valence electrons. The first-order chi connectivity index (χ1) is 27.7. The molecule has 0 aromatic heterocycles. The molecule has 1 rings (SSSR count). The molecule has 8 N–H and O–H groups in total. The lowest BCUT2D eigenvalue weighted by atomic mass is 9.98. The fourth-order valence-corrected chi connectivity index (χ4v) is 7.32. The highest BCUT2D eigenvalue weighted by Crippen LogP contribution is 2.23. The second-order valence-electron chi connectivity index (χ2n) is 16.5. The first-order valence-electron chi connectivity index (χ1n) is 23.2. The van der Waals surface area contributed by atoms with E-state index in [4.69, 9.17) is 9.47 Å². The molecule has 1 heterocycles. The smallest absolute Gasteiger partial charge is 0.249 e. The summed E-state index contributed by atoms with van der Waals surface area (Å²) < 4.78 is 11.1. The van der Waals surface area contributed by atoms with Crippen molar-refractivity contribution in [3.8, 4) is 0 Å². The molecule has 1 aliphatic rings. The van der Waals surface area contributed by atoms with Crippen LogP contribution in [0.25, 0.3) is 0 Å². The Morgan fingerprint density at radius 2 is 1.04 bits per heavy atom. The molecule has 1 amide bonds. The van der Waals surface area contributed by atoms with Gasteiger partial charge in [0.1, 0.15) is 36.6 Å². The molecule has 0 bridgehead atoms. The van der Waals surface area contributed by atoms with Crippen LogP contribution in [0.4, 0.5) is 0 Å². The number of unbranched alkanes of at least 4 members (excludes halogenated alkanes) is 22. The maximum absolute atomic E-state index is 13.1. The Labute approximate surface area is 346 Å². The van der Waals surface area contributed by atoms with Crippen molar-refractivity contribution in [3.05, 3.63) is 24.3 Å². The van der Waals surface area contributed by atoms with Crippen LogP contribution in [0.5, 0.6) is 0 Å². The van der Waals surface area contributed by atoms with Crippen molar-refractivity contribution in [2.75, 3.05) is 13.2 Å². The van der Waals surface area contributed by atoms with Gasteiger partial charge >= 0.3 is 0 Å². The fourth-order valence-electron chi connectivity index (χ4n) is 7.32. The summed E-state index contributed by atoms with van der Waals surface area (Å²) in [7, 11) is 0. The molecule has 1 aliphatic heterocycles. The summed E-state index contributed by atoms with van der Waals surface area (Å²) in [4.78, 5) is 13.1. The van der Waals surface area contributed by atoms with Gasteiger partial charge in [-0.2, -0.15) is 0 Å². The largest absolute Gasteiger partial charge is 0.394 e. The van der Waals surface area contributed by atoms with Gasteiger partial charge in [0, 0.05) is 0 Å². The highest BCUT2D eigenvalue weighted by molar-refractivity contribution is 5.80. The molecule has 57 heavy (non-hydrogen) atoms. The van der Waals surface area contributed by atoms with Gasteiger partial charge in [-0.25, -0.2) is 0 Å². The molecule has 0 aliphatic carbocycles. The molecule has 9 unspecified atom stereocenters. The van der Waals surface area contributed by atoms with E-state index in [0.29, 0.717) is 12.8 Å². The summed E-state index contributed by atoms with van der Waals surface area (Å²) in [6.07, 6.45) is 28.1. The number of hydrogen-bond donors (Lipinski definition) is 8. The maximum Gasteiger partial charge on any atom is 0.249 e. The second kappa shape index (κ2) is 36.4. The minimum Gasteiger partial charge on any atom is -0.394 e. The second-order valence-corrected chi connectivity index (χ2v) is 16.5. The van der Waals surface area contributed by atoms with Crippen LogP contribution in [-0.4, -0.2) is 110 Å². The van der Waals surface area contributed by atoms with Crippen molar-refractivity contribution in [2.45, 2.75) is 249 Å². The molecule has 0 spiro atoms. The zero-order valence-corrected chi connectivity index (χ0v) is 36.1. The van der Waals surface area contributed by atoms with Crippen molar-refractivity contribution in [3.63, 3.8) is 0 Å². The van der Waals surface area contributed by atoms with Crippen LogP contribution in [0.3, 0.4) is 0 Å². The molecule has 0 aromatic carbocycles. The number of allylic oxidation sites excluding steroid dienone is 4. The summed E-state index contributed by atoms with van der Waals surface area (Å²) in [5, 5.41) is 75.5. The average Bonchev–Trinajstić information content (AvgIpc) is 3.21. The summed E-state index contributed by atoms with van der Waals surface area (Å²) in [5.41, 5.74) is 0. The van der Waals surface area contributed by atoms with Gasteiger partial charge in [-0.15, -0.1) is 0 Å². The third-order valence-corrected chi connectivity index (χ3v) is 11.2. The van der Waals surface area contributed by atoms with E-state index in [2.05, 4.69) is 43.5 Å². The van der Waals surface area contributed by atoms with E-state index in [1.807, 2.05) is 0 Å². The Hall–Kier alpha value is -1.41. The van der Waals surface area contributed by atoms with Gasteiger partial charge in [0.25, 0.3) is 0 Å². The topological polar surface area (TPSA) is 189 Å². The van der Waals surface area contributed by atoms with Crippen LogP contribution in [-0.2, 0) is 14.3 Å². The van der Waals surface area contributed by atoms with E-state index in [-0.39, 0.29) is 12.8 Å². The van der Waals surface area contributed by atoms with Gasteiger partial charge in [0.05, 0.1) is 25.4 Å². The molecule has 0 radical (unpaired) electrons. The molecular formula is C46H87NO10. The summed E-state index contributed by atoms with van der Waals surface area (Å²) in [5.74, 6) is -0.713. The fraction of sp³-hybridized carbons (Fsp3) is 0.891. The van der Waals surface area contributed by atoms with Crippen molar-refractivity contribution in [2.24, 2.45) is 0 Å². The summed E-state index contributed by atoms with van der Waals surface area (Å²) in [6, 6.07) is -1.18. The Kier molecular flexibility index (Phi) is 34.3. The predicted molar refractivity (Wildman–Crippen MR) is 229 cm³/mol. The number of aliphatic hydroxyl groups excluding tert-OH is 7. The molecule has 9 atom stereocenters. The SMILES string of the molecule is CCCCCCCC/C=C/CCCC(O)C(O)C(COC1OC(CO)C(O)C(O)C1O)NC(=O)C(O)CCCCCCCC/C=C\CCCCCCCCCCC. The van der Waals surface area contributed by atoms with Crippen molar-refractivity contribution in [1.29, 1.82) is 0 Å². The van der Waals surface area contributed by atoms with Crippen LogP contribution in [0.2, 0.25) is 0 Å². The zero-order chi connectivity index (χ0) is 41.9. The third-order valence-electron chi connectivity index (χ3n) is 11.2. The Morgan fingerprint density at radius 3 is 1.51 bits per heavy atom. The lowest BCUT2D eigenvalue weighted by Gasteiger charge is -2.40. The highest BCUT2D eigenvalue weighted by atomic mass is 16.7. The minimum atomic E-state index is -1.67. The normalized spacial score (nSPS) is 22.3. The van der Waals surface area contributed by atoms with Crippen LogP contribution in [0, 0.1) is 0 Å². The number of hydrogen-bond acceptors (Lipinski definition) is 10. The van der Waals surface area contributed by atoms with Crippen molar-refractivity contribution < 1.29 is 50.0 Å². The Bertz CT molecular complexity index is 981. The van der Waals surface area contributed by atoms with Crippen LogP contribution < -0.4 is 5.32 Å². The number of carbonyl (C=O) groups excluding carboxylic acids is 1. The molecule has 0 aromatic rings. The Balaban J connectivity index is 2.44. The van der Waals surface area contributed by atoms with E-state index in [0.717, 1.165) is 57.8 Å². The standard InChI is InChI=1S/C46H87NO10/c1-3-5-7-9-11-13-15-16-17-18-19-20-21-22-24-26-28-30-32-34-39(50)45(55)47-37(36-56-46-44(54)43(53)42(52)40(35-48)57-46)41(51)38(49)33-31-29-27-25-23-14-12-10-8-6-4-2/h19-20,25,27,37-44,46,48-54H,3-18,21-24,26,28-36H2,1-2H3,(H,47,55)/b20-19-,27-25+. The van der Waals surface area contributed by atoms with E-state index >= 15 is 0 Å². The van der Waals surface area contributed by atoms with Gasteiger partial charge in [0.2, 0.25) is 5.91 Å². The number of rotatable bonds is 38. The summed E-state index contributed by atoms with van der Waals surface area (Å²) in [6.45, 7) is 3.39. The van der Waals surface area contributed by atoms with Gasteiger partial charge in [-0.05, 0) is 64.2 Å². The van der Waals surface area contributed by atoms with Crippen LogP contribution in [0.1, 0.15) is 194 Å². The number of nitrogens with one attached hydrogen (secondary N) is 1. The van der Waals surface area contributed by atoms with E-state index in [1.54, 1.807) is 0 Å². The molecular weight excluding hydrogens is 727 g/mol. The predicted octanol–water partition coefficient (Wildman–Crippen LogP) is 7.45. The van der Waals surface area contributed by atoms with E-state index in [1.165, 1.54) is 96.3 Å². The quantitative estimate of drug-likeness (QED) is 0.0230. The monoisotopic (exact) mass is 814 g/mol. The van der Waals surface area contributed by atoms with E-state index in [9.17, 15) is 40.5 Å². The van der Waals surface area contributed by atoms with Gasteiger partial charge < -0.3 is 50.5 Å². The Morgan fingerprint density at radius 1 is 0.596 bits per heavy atom. The molecule has 1 fully saturated rings. The lowest BCUT2D eigenvalue weighted by molar-refractivity contribution is -0.303. The van der Waals surface area contributed by atoms with Gasteiger partial charge in [0.15, 0.2) is 6.29 Å². The number of ether oxygens (including phenoxy) is 2. The first kappa shape index (κ1) is 53.6. The maximum atomic E-state index is 13.1. The van der Waals surface area contributed by atoms with Crippen molar-refractivity contribution >= 4 is 5.91 Å². The number of carbonyl (C=O) groups is 1. The van der Waals surface area contributed by atoms with Crippen LogP contribution in [0.15, 0.2) is 24.3 Å². The molecule has 11 heteroatoms. The molecule has 11 nitrogen and oxygen atoms in total. The van der Waals surface area contributed by atoms with Gasteiger partial charge in [-0.1, -0.05) is 154 Å². The first-order valence-corrected chi connectivity index (χ1v) is 23.2. The highest BCUT2D eigenvalue weighted by Gasteiger charge is 2.44. The summed E-state index contributed by atoms with van der Waals surface area (Å²) >= 11 is 0. The number of amides is 1. The average molecular weight is 814 g/mol. The van der Waals surface area contributed by atoms with Crippen molar-refractivity contribution in [1.82, 2.24) is 5.32 Å². The van der Waals surface area contributed by atoms with Gasteiger partial charge in [-0.3, -0.25) is 4.79 Å². The zero-order valence-electron chi connectivity index (χ0n) is 36.1. The molecule has 1 saturated heterocycles. The van der Waals surface area contributed by atoms with Crippen LogP contribution >= 0.6 is 0 Å². The van der Waals surface area contributed by atoms with E-state index < -0.39 is 74.2 Å². The lowest BCUT2D eigenvalue weighted by Crippen LogP contribution is -2.60. The minimum absolute atomic E-state index is 0.247. The number of aliphatic hydroxyl groups is 7.